The lowest BCUT2D eigenvalue weighted by Gasteiger charge is -2.17. The number of rotatable bonds is 3. The molecule has 2 heterocycles. The summed E-state index contributed by atoms with van der Waals surface area (Å²) in [7, 11) is 0. The van der Waals surface area contributed by atoms with Gasteiger partial charge in [0, 0.05) is 13.1 Å². The van der Waals surface area contributed by atoms with Crippen molar-refractivity contribution in [1.29, 1.82) is 0 Å². The Kier molecular flexibility index (Phi) is 4.01. The maximum absolute atomic E-state index is 12.7. The normalized spacial score (nSPS) is 14.8. The number of aryl methyl sites for hydroxylation is 1. The second-order valence-corrected chi connectivity index (χ2v) is 6.34. The van der Waals surface area contributed by atoms with Crippen LogP contribution >= 0.6 is 0 Å². The molecule has 0 radical (unpaired) electrons. The lowest BCUT2D eigenvalue weighted by atomic mass is 10.0. The van der Waals surface area contributed by atoms with E-state index in [4.69, 9.17) is 0 Å². The number of hydrogen-bond acceptors (Lipinski definition) is 2. The van der Waals surface area contributed by atoms with Gasteiger partial charge in [-0.05, 0) is 37.8 Å². The van der Waals surface area contributed by atoms with Gasteiger partial charge in [-0.15, -0.1) is 0 Å². The molecule has 0 N–H and O–H groups in total. The topological polar surface area (TPSA) is 38.1 Å². The summed E-state index contributed by atoms with van der Waals surface area (Å²) in [5, 5.41) is 4.50. The highest BCUT2D eigenvalue weighted by Gasteiger charge is 2.26. The molecule has 4 nitrogen and oxygen atoms in total. The van der Waals surface area contributed by atoms with Crippen molar-refractivity contribution in [3.05, 3.63) is 47.3 Å². The number of amides is 1. The van der Waals surface area contributed by atoms with Crippen molar-refractivity contribution >= 4 is 5.91 Å². The van der Waals surface area contributed by atoms with Crippen LogP contribution in [0.1, 0.15) is 54.2 Å². The molecule has 1 fully saturated rings. The average Bonchev–Trinajstić information content (AvgIpc) is 3.17. The molecule has 0 atom stereocenters. The summed E-state index contributed by atoms with van der Waals surface area (Å²) in [6, 6.07) is 8.25. The van der Waals surface area contributed by atoms with Crippen LogP contribution in [-0.4, -0.2) is 33.7 Å². The first-order valence-corrected chi connectivity index (χ1v) is 8.02. The van der Waals surface area contributed by atoms with Gasteiger partial charge in [-0.25, -0.2) is 4.68 Å². The van der Waals surface area contributed by atoms with Crippen LogP contribution < -0.4 is 0 Å². The molecule has 1 amide bonds. The summed E-state index contributed by atoms with van der Waals surface area (Å²) in [5.74, 6) is 0.366. The van der Waals surface area contributed by atoms with Gasteiger partial charge >= 0.3 is 0 Å². The van der Waals surface area contributed by atoms with Gasteiger partial charge in [0.05, 0.1) is 23.1 Å². The third-order valence-corrected chi connectivity index (χ3v) is 4.26. The van der Waals surface area contributed by atoms with E-state index in [2.05, 4.69) is 50.1 Å². The first kappa shape index (κ1) is 14.8. The fourth-order valence-corrected chi connectivity index (χ4v) is 3.06. The SMILES string of the molecule is Cc1ccc(-n2ncc(C(=O)N3CCCC3)c2C(C)C)cc1. The van der Waals surface area contributed by atoms with Crippen LogP contribution in [0.25, 0.3) is 5.69 Å². The lowest BCUT2D eigenvalue weighted by molar-refractivity contribution is 0.0791. The molecular formula is C18H23N3O. The van der Waals surface area contributed by atoms with Crippen LogP contribution in [0, 0.1) is 6.92 Å². The Bertz CT molecular complexity index is 664. The number of carbonyl (C=O) groups excluding carboxylic acids is 1. The molecule has 0 unspecified atom stereocenters. The molecule has 1 aliphatic rings. The van der Waals surface area contributed by atoms with Crippen molar-refractivity contribution in [2.75, 3.05) is 13.1 Å². The number of likely N-dealkylation sites (tertiary alicyclic amines) is 1. The molecule has 1 aromatic carbocycles. The first-order chi connectivity index (χ1) is 10.6. The second-order valence-electron chi connectivity index (χ2n) is 6.34. The Morgan fingerprint density at radius 3 is 2.36 bits per heavy atom. The summed E-state index contributed by atoms with van der Waals surface area (Å²) in [6.45, 7) is 8.03. The van der Waals surface area contributed by atoms with Crippen molar-refractivity contribution < 1.29 is 4.79 Å². The zero-order chi connectivity index (χ0) is 15.7. The summed E-state index contributed by atoms with van der Waals surface area (Å²) < 4.78 is 1.91. The van der Waals surface area contributed by atoms with E-state index in [0.717, 1.165) is 42.9 Å². The van der Waals surface area contributed by atoms with Crippen LogP contribution in [0.2, 0.25) is 0 Å². The zero-order valence-electron chi connectivity index (χ0n) is 13.5. The van der Waals surface area contributed by atoms with E-state index in [-0.39, 0.29) is 11.8 Å². The zero-order valence-corrected chi connectivity index (χ0v) is 13.5. The van der Waals surface area contributed by atoms with E-state index in [0.29, 0.717) is 0 Å². The maximum atomic E-state index is 12.7. The number of benzene rings is 1. The Morgan fingerprint density at radius 2 is 1.77 bits per heavy atom. The van der Waals surface area contributed by atoms with E-state index < -0.39 is 0 Å². The molecule has 0 aliphatic carbocycles. The average molecular weight is 297 g/mol. The molecule has 1 aliphatic heterocycles. The molecule has 0 spiro atoms. The van der Waals surface area contributed by atoms with Gasteiger partial charge in [-0.3, -0.25) is 4.79 Å². The number of carbonyl (C=O) groups is 1. The van der Waals surface area contributed by atoms with E-state index >= 15 is 0 Å². The Morgan fingerprint density at radius 1 is 1.14 bits per heavy atom. The largest absolute Gasteiger partial charge is 0.339 e. The van der Waals surface area contributed by atoms with Gasteiger partial charge in [0.2, 0.25) is 0 Å². The highest BCUT2D eigenvalue weighted by molar-refractivity contribution is 5.95. The van der Waals surface area contributed by atoms with Crippen LogP contribution in [0.5, 0.6) is 0 Å². The van der Waals surface area contributed by atoms with Crippen LogP contribution in [-0.2, 0) is 0 Å². The molecule has 4 heteroatoms. The molecule has 0 saturated carbocycles. The molecular weight excluding hydrogens is 274 g/mol. The molecule has 3 rings (SSSR count). The van der Waals surface area contributed by atoms with Gasteiger partial charge in [0.15, 0.2) is 0 Å². The van der Waals surface area contributed by atoms with Crippen molar-refractivity contribution in [3.8, 4) is 5.69 Å². The van der Waals surface area contributed by atoms with Crippen LogP contribution in [0.3, 0.4) is 0 Å². The Balaban J connectivity index is 2.01. The van der Waals surface area contributed by atoms with Gasteiger partial charge in [0.1, 0.15) is 0 Å². The summed E-state index contributed by atoms with van der Waals surface area (Å²) in [5.41, 5.74) is 3.98. The second kappa shape index (κ2) is 5.95. The minimum absolute atomic E-state index is 0.125. The van der Waals surface area contributed by atoms with Gasteiger partial charge < -0.3 is 4.90 Å². The number of nitrogens with zero attached hydrogens (tertiary/aromatic N) is 3. The Hall–Kier alpha value is -2.10. The van der Waals surface area contributed by atoms with Crippen molar-refractivity contribution in [2.24, 2.45) is 0 Å². The van der Waals surface area contributed by atoms with E-state index in [1.54, 1.807) is 6.20 Å². The fourth-order valence-electron chi connectivity index (χ4n) is 3.06. The summed E-state index contributed by atoms with van der Waals surface area (Å²) in [4.78, 5) is 14.7. The van der Waals surface area contributed by atoms with Gasteiger partial charge in [0.25, 0.3) is 5.91 Å². The quantitative estimate of drug-likeness (QED) is 0.869. The number of aromatic nitrogens is 2. The lowest BCUT2D eigenvalue weighted by Crippen LogP contribution is -2.28. The van der Waals surface area contributed by atoms with Crippen molar-refractivity contribution in [3.63, 3.8) is 0 Å². The number of hydrogen-bond donors (Lipinski definition) is 0. The monoisotopic (exact) mass is 297 g/mol. The summed E-state index contributed by atoms with van der Waals surface area (Å²) in [6.07, 6.45) is 3.94. The minimum Gasteiger partial charge on any atom is -0.339 e. The first-order valence-electron chi connectivity index (χ1n) is 8.02. The predicted octanol–water partition coefficient (Wildman–Crippen LogP) is 3.54. The summed E-state index contributed by atoms with van der Waals surface area (Å²) >= 11 is 0. The smallest absolute Gasteiger partial charge is 0.257 e. The van der Waals surface area contributed by atoms with E-state index in [1.165, 1.54) is 5.56 Å². The van der Waals surface area contributed by atoms with E-state index in [1.807, 2.05) is 9.58 Å². The third-order valence-electron chi connectivity index (χ3n) is 4.26. The molecule has 0 bridgehead atoms. The Labute approximate surface area is 131 Å². The van der Waals surface area contributed by atoms with Crippen LogP contribution in [0.15, 0.2) is 30.5 Å². The molecule has 116 valence electrons. The standard InChI is InChI=1S/C18H23N3O/c1-13(2)17-16(18(22)20-10-4-5-11-20)12-19-21(17)15-8-6-14(3)7-9-15/h6-9,12-13H,4-5,10-11H2,1-3H3. The van der Waals surface area contributed by atoms with Crippen molar-refractivity contribution in [2.45, 2.75) is 39.5 Å². The van der Waals surface area contributed by atoms with Crippen molar-refractivity contribution in [1.82, 2.24) is 14.7 Å². The molecule has 1 aromatic heterocycles. The highest BCUT2D eigenvalue weighted by Crippen LogP contribution is 2.25. The van der Waals surface area contributed by atoms with Crippen LogP contribution in [0.4, 0.5) is 0 Å². The maximum Gasteiger partial charge on any atom is 0.257 e. The highest BCUT2D eigenvalue weighted by atomic mass is 16.2. The van der Waals surface area contributed by atoms with E-state index in [9.17, 15) is 4.79 Å². The third kappa shape index (κ3) is 2.65. The molecule has 1 saturated heterocycles. The van der Waals surface area contributed by atoms with Gasteiger partial charge in [-0.2, -0.15) is 5.10 Å². The molecule has 22 heavy (non-hydrogen) atoms. The minimum atomic E-state index is 0.125. The predicted molar refractivity (Wildman–Crippen MR) is 87.5 cm³/mol. The fraction of sp³-hybridized carbons (Fsp3) is 0.444. The molecule has 2 aromatic rings. The van der Waals surface area contributed by atoms with Gasteiger partial charge in [-0.1, -0.05) is 31.5 Å².